The molecule has 150 valence electrons. The highest BCUT2D eigenvalue weighted by Crippen LogP contribution is 2.29. The van der Waals surface area contributed by atoms with Gasteiger partial charge in [-0.3, -0.25) is 4.79 Å². The minimum absolute atomic E-state index is 0.0566. The fourth-order valence-electron chi connectivity index (χ4n) is 2.55. The van der Waals surface area contributed by atoms with Crippen LogP contribution in [0, 0.1) is 0 Å². The van der Waals surface area contributed by atoms with Gasteiger partial charge in [-0.2, -0.15) is 0 Å². The van der Waals surface area contributed by atoms with E-state index in [9.17, 15) is 4.79 Å². The van der Waals surface area contributed by atoms with Crippen molar-refractivity contribution < 1.29 is 23.7 Å². The minimum atomic E-state index is -0.198. The summed E-state index contributed by atoms with van der Waals surface area (Å²) in [4.78, 5) is 12.1. The van der Waals surface area contributed by atoms with E-state index < -0.39 is 0 Å². The summed E-state index contributed by atoms with van der Waals surface area (Å²) in [6.07, 6.45) is 3.26. The second-order valence-electron chi connectivity index (χ2n) is 6.32. The van der Waals surface area contributed by atoms with Crippen LogP contribution in [0.1, 0.15) is 25.0 Å². The number of methoxy groups -OCH3 is 3. The van der Waals surface area contributed by atoms with E-state index in [0.717, 1.165) is 11.1 Å². The lowest BCUT2D eigenvalue weighted by Gasteiger charge is -2.14. The van der Waals surface area contributed by atoms with Crippen molar-refractivity contribution in [1.82, 2.24) is 5.32 Å². The molecule has 0 spiro atoms. The normalized spacial score (nSPS) is 10.8. The SMILES string of the molecule is COc1ccc(/C=C/C(=O)NCc2ccc(OC(C)C)c(OC)c2)cc1OC. The summed E-state index contributed by atoms with van der Waals surface area (Å²) in [5.41, 5.74) is 1.76. The molecule has 2 rings (SSSR count). The first-order valence-corrected chi connectivity index (χ1v) is 8.98. The smallest absolute Gasteiger partial charge is 0.244 e. The van der Waals surface area contributed by atoms with Crippen LogP contribution >= 0.6 is 0 Å². The van der Waals surface area contributed by atoms with Crippen LogP contribution in [0.3, 0.4) is 0 Å². The van der Waals surface area contributed by atoms with E-state index in [1.54, 1.807) is 39.5 Å². The van der Waals surface area contributed by atoms with Crippen molar-refractivity contribution in [2.75, 3.05) is 21.3 Å². The number of benzene rings is 2. The lowest BCUT2D eigenvalue weighted by atomic mass is 10.1. The number of carbonyl (C=O) groups is 1. The van der Waals surface area contributed by atoms with Gasteiger partial charge in [-0.05, 0) is 55.3 Å². The molecule has 0 atom stereocenters. The molecule has 0 bridgehead atoms. The molecule has 0 unspecified atom stereocenters. The number of ether oxygens (including phenoxy) is 4. The summed E-state index contributed by atoms with van der Waals surface area (Å²) in [5.74, 6) is 2.38. The fraction of sp³-hybridized carbons (Fsp3) is 0.318. The zero-order valence-electron chi connectivity index (χ0n) is 16.9. The van der Waals surface area contributed by atoms with Crippen LogP contribution in [0.5, 0.6) is 23.0 Å². The largest absolute Gasteiger partial charge is 0.493 e. The van der Waals surface area contributed by atoms with Gasteiger partial charge < -0.3 is 24.3 Å². The Morgan fingerprint density at radius 2 is 1.57 bits per heavy atom. The molecule has 0 saturated carbocycles. The highest BCUT2D eigenvalue weighted by Gasteiger charge is 2.08. The lowest BCUT2D eigenvalue weighted by Crippen LogP contribution is -2.20. The van der Waals surface area contributed by atoms with Gasteiger partial charge in [0.05, 0.1) is 27.4 Å². The number of amides is 1. The fourth-order valence-corrected chi connectivity index (χ4v) is 2.55. The van der Waals surface area contributed by atoms with E-state index in [1.807, 2.05) is 38.1 Å². The van der Waals surface area contributed by atoms with Crippen molar-refractivity contribution in [2.45, 2.75) is 26.5 Å². The maximum Gasteiger partial charge on any atom is 0.244 e. The summed E-state index contributed by atoms with van der Waals surface area (Å²) in [6, 6.07) is 11.1. The average molecular weight is 385 g/mol. The van der Waals surface area contributed by atoms with Gasteiger partial charge in [0.2, 0.25) is 5.91 Å². The molecule has 0 fully saturated rings. The van der Waals surface area contributed by atoms with Gasteiger partial charge in [-0.25, -0.2) is 0 Å². The van der Waals surface area contributed by atoms with Crippen LogP contribution in [-0.2, 0) is 11.3 Å². The van der Waals surface area contributed by atoms with Gasteiger partial charge in [0.1, 0.15) is 0 Å². The van der Waals surface area contributed by atoms with Crippen LogP contribution in [0.2, 0.25) is 0 Å². The van der Waals surface area contributed by atoms with Gasteiger partial charge in [-0.15, -0.1) is 0 Å². The predicted molar refractivity (Wildman–Crippen MR) is 109 cm³/mol. The monoisotopic (exact) mass is 385 g/mol. The van der Waals surface area contributed by atoms with Crippen molar-refractivity contribution in [3.63, 3.8) is 0 Å². The third kappa shape index (κ3) is 5.94. The van der Waals surface area contributed by atoms with Crippen LogP contribution in [0.4, 0.5) is 0 Å². The Bertz CT molecular complexity index is 830. The van der Waals surface area contributed by atoms with Crippen molar-refractivity contribution in [2.24, 2.45) is 0 Å². The maximum atomic E-state index is 12.1. The van der Waals surface area contributed by atoms with E-state index in [2.05, 4.69) is 5.32 Å². The molecule has 2 aromatic carbocycles. The maximum absolute atomic E-state index is 12.1. The van der Waals surface area contributed by atoms with E-state index in [1.165, 1.54) is 6.08 Å². The molecule has 6 nitrogen and oxygen atoms in total. The van der Waals surface area contributed by atoms with E-state index in [4.69, 9.17) is 18.9 Å². The topological polar surface area (TPSA) is 66.0 Å². The van der Waals surface area contributed by atoms with Gasteiger partial charge in [0, 0.05) is 12.6 Å². The van der Waals surface area contributed by atoms with Gasteiger partial charge in [-0.1, -0.05) is 12.1 Å². The lowest BCUT2D eigenvalue weighted by molar-refractivity contribution is -0.116. The second kappa shape index (κ2) is 10.3. The highest BCUT2D eigenvalue weighted by atomic mass is 16.5. The predicted octanol–water partition coefficient (Wildman–Crippen LogP) is 3.83. The molecular weight excluding hydrogens is 358 g/mol. The Balaban J connectivity index is 1.97. The van der Waals surface area contributed by atoms with Crippen molar-refractivity contribution in [3.05, 3.63) is 53.6 Å². The molecular formula is C22H27NO5. The number of hydrogen-bond acceptors (Lipinski definition) is 5. The summed E-state index contributed by atoms with van der Waals surface area (Å²) < 4.78 is 21.5. The summed E-state index contributed by atoms with van der Waals surface area (Å²) >= 11 is 0. The third-order valence-corrected chi connectivity index (χ3v) is 3.89. The number of hydrogen-bond donors (Lipinski definition) is 1. The first-order valence-electron chi connectivity index (χ1n) is 8.98. The average Bonchev–Trinajstić information content (AvgIpc) is 2.70. The zero-order chi connectivity index (χ0) is 20.5. The Labute approximate surface area is 166 Å². The standard InChI is InChI=1S/C22H27NO5/c1-15(2)28-19-10-7-17(13-21(19)27-5)14-23-22(24)11-8-16-6-9-18(25-3)20(12-16)26-4/h6-13,15H,14H2,1-5H3,(H,23,24)/b11-8+. The van der Waals surface area contributed by atoms with Crippen LogP contribution in [-0.4, -0.2) is 33.3 Å². The zero-order valence-corrected chi connectivity index (χ0v) is 16.9. The highest BCUT2D eigenvalue weighted by molar-refractivity contribution is 5.91. The molecule has 1 amide bonds. The molecule has 2 aromatic rings. The van der Waals surface area contributed by atoms with E-state index >= 15 is 0 Å². The van der Waals surface area contributed by atoms with Crippen LogP contribution in [0.15, 0.2) is 42.5 Å². The Morgan fingerprint density at radius 1 is 0.929 bits per heavy atom. The van der Waals surface area contributed by atoms with E-state index in [-0.39, 0.29) is 12.0 Å². The first kappa shape index (κ1) is 21.2. The molecule has 0 radical (unpaired) electrons. The van der Waals surface area contributed by atoms with Crippen molar-refractivity contribution in [1.29, 1.82) is 0 Å². The van der Waals surface area contributed by atoms with Gasteiger partial charge in [0.15, 0.2) is 23.0 Å². The number of rotatable bonds is 9. The molecule has 0 saturated heterocycles. The summed E-state index contributed by atoms with van der Waals surface area (Å²) in [7, 11) is 4.75. The molecule has 28 heavy (non-hydrogen) atoms. The van der Waals surface area contributed by atoms with Gasteiger partial charge >= 0.3 is 0 Å². The molecule has 0 aliphatic heterocycles. The third-order valence-electron chi connectivity index (χ3n) is 3.89. The molecule has 1 N–H and O–H groups in total. The Morgan fingerprint density at radius 3 is 2.21 bits per heavy atom. The number of carbonyl (C=O) groups excluding carboxylic acids is 1. The first-order chi connectivity index (χ1) is 13.5. The van der Waals surface area contributed by atoms with Crippen LogP contribution in [0.25, 0.3) is 6.08 Å². The van der Waals surface area contributed by atoms with Crippen LogP contribution < -0.4 is 24.3 Å². The minimum Gasteiger partial charge on any atom is -0.493 e. The van der Waals surface area contributed by atoms with E-state index in [0.29, 0.717) is 29.5 Å². The summed E-state index contributed by atoms with van der Waals surface area (Å²) in [5, 5.41) is 2.85. The van der Waals surface area contributed by atoms with Crippen molar-refractivity contribution in [3.8, 4) is 23.0 Å². The summed E-state index contributed by atoms with van der Waals surface area (Å²) in [6.45, 7) is 4.30. The molecule has 0 heterocycles. The Kier molecular flexibility index (Phi) is 7.75. The number of nitrogens with one attached hydrogen (secondary N) is 1. The quantitative estimate of drug-likeness (QED) is 0.665. The Hall–Kier alpha value is -3.15. The second-order valence-corrected chi connectivity index (χ2v) is 6.32. The molecule has 0 aliphatic carbocycles. The van der Waals surface area contributed by atoms with Crippen molar-refractivity contribution >= 4 is 12.0 Å². The van der Waals surface area contributed by atoms with Gasteiger partial charge in [0.25, 0.3) is 0 Å². The molecule has 0 aromatic heterocycles. The molecule has 6 heteroatoms. The molecule has 0 aliphatic rings.